The third-order valence-electron chi connectivity index (χ3n) is 2.31. The van der Waals surface area contributed by atoms with Crippen LogP contribution in [-0.2, 0) is 6.42 Å². The maximum atomic E-state index is 4.20. The summed E-state index contributed by atoms with van der Waals surface area (Å²) in [4.78, 5) is 8.31. The number of anilines is 2. The Kier molecular flexibility index (Phi) is 4.33. The second-order valence-corrected chi connectivity index (χ2v) is 5.02. The third kappa shape index (κ3) is 3.17. The van der Waals surface area contributed by atoms with Crippen molar-refractivity contribution in [3.8, 4) is 0 Å². The fourth-order valence-corrected chi connectivity index (χ4v) is 2.67. The lowest BCUT2D eigenvalue weighted by molar-refractivity contribution is 1.00. The normalized spacial score (nSPS) is 10.2. The van der Waals surface area contributed by atoms with Gasteiger partial charge in [0.25, 0.3) is 0 Å². The Bertz CT molecular complexity index is 472. The average molecular weight is 313 g/mol. The van der Waals surface area contributed by atoms with E-state index in [9.17, 15) is 0 Å². The summed E-state index contributed by atoms with van der Waals surface area (Å²) in [6, 6.07) is 2.14. The molecule has 0 aliphatic carbocycles. The van der Waals surface area contributed by atoms with E-state index < -0.39 is 0 Å². The Hall–Kier alpha value is -1.14. The number of nitrogens with one attached hydrogen (secondary N) is 2. The molecular formula is C11H13BrN4S. The van der Waals surface area contributed by atoms with Crippen LogP contribution in [0.2, 0.25) is 0 Å². The molecule has 2 aromatic heterocycles. The first-order valence-electron chi connectivity index (χ1n) is 5.24. The van der Waals surface area contributed by atoms with E-state index in [1.807, 2.05) is 7.05 Å². The monoisotopic (exact) mass is 312 g/mol. The minimum absolute atomic E-state index is 0.790. The lowest BCUT2D eigenvalue weighted by Gasteiger charge is -2.09. The molecule has 0 aliphatic heterocycles. The maximum absolute atomic E-state index is 4.20. The molecule has 4 nitrogen and oxygen atoms in total. The van der Waals surface area contributed by atoms with Gasteiger partial charge in [-0.3, -0.25) is 0 Å². The van der Waals surface area contributed by atoms with Crippen LogP contribution in [0, 0.1) is 0 Å². The second-order valence-electron chi connectivity index (χ2n) is 3.44. The summed E-state index contributed by atoms with van der Waals surface area (Å²) >= 11 is 5.19. The van der Waals surface area contributed by atoms with Crippen molar-refractivity contribution in [3.05, 3.63) is 33.2 Å². The molecule has 2 N–H and O–H groups in total. The summed E-state index contributed by atoms with van der Waals surface area (Å²) < 4.78 is 0.868. The van der Waals surface area contributed by atoms with E-state index in [1.165, 1.54) is 5.56 Å². The lowest BCUT2D eigenvalue weighted by atomic mass is 10.2. The number of thiophene rings is 1. The van der Waals surface area contributed by atoms with E-state index in [2.05, 4.69) is 53.4 Å². The molecular weight excluding hydrogens is 300 g/mol. The summed E-state index contributed by atoms with van der Waals surface area (Å²) in [5.41, 5.74) is 1.35. The van der Waals surface area contributed by atoms with E-state index in [1.54, 1.807) is 17.7 Å². The van der Waals surface area contributed by atoms with Crippen LogP contribution in [-0.4, -0.2) is 23.6 Å². The molecule has 0 radical (unpaired) electrons. The minimum Gasteiger partial charge on any atom is -0.372 e. The number of rotatable bonds is 5. The van der Waals surface area contributed by atoms with E-state index in [0.29, 0.717) is 0 Å². The zero-order valence-corrected chi connectivity index (χ0v) is 11.8. The van der Waals surface area contributed by atoms with Crippen LogP contribution in [0.1, 0.15) is 5.56 Å². The van der Waals surface area contributed by atoms with Crippen molar-refractivity contribution in [3.63, 3.8) is 0 Å². The Morgan fingerprint density at radius 2 is 2.18 bits per heavy atom. The molecule has 17 heavy (non-hydrogen) atoms. The standard InChI is InChI=1S/C11H13BrN4S/c1-13-10-9(12)11(16-7-15-10)14-4-2-8-3-5-17-6-8/h3,5-7H,2,4H2,1H3,(H2,13,14,15,16). The first kappa shape index (κ1) is 12.3. The van der Waals surface area contributed by atoms with Gasteiger partial charge in [0.05, 0.1) is 0 Å². The number of aromatic nitrogens is 2. The second kappa shape index (κ2) is 5.97. The molecule has 2 heterocycles. The van der Waals surface area contributed by atoms with Crippen molar-refractivity contribution in [2.75, 3.05) is 24.2 Å². The predicted molar refractivity (Wildman–Crippen MR) is 75.8 cm³/mol. The lowest BCUT2D eigenvalue weighted by Crippen LogP contribution is -2.08. The van der Waals surface area contributed by atoms with E-state index in [0.717, 1.165) is 29.1 Å². The molecule has 0 spiro atoms. The van der Waals surface area contributed by atoms with Crippen LogP contribution in [0.15, 0.2) is 27.6 Å². The van der Waals surface area contributed by atoms with Crippen molar-refractivity contribution in [1.29, 1.82) is 0 Å². The first-order valence-corrected chi connectivity index (χ1v) is 6.98. The molecule has 0 aliphatic rings. The largest absolute Gasteiger partial charge is 0.372 e. The van der Waals surface area contributed by atoms with Gasteiger partial charge in [-0.2, -0.15) is 11.3 Å². The highest BCUT2D eigenvalue weighted by atomic mass is 79.9. The van der Waals surface area contributed by atoms with Gasteiger partial charge in [0, 0.05) is 13.6 Å². The highest BCUT2D eigenvalue weighted by Crippen LogP contribution is 2.25. The van der Waals surface area contributed by atoms with Crippen molar-refractivity contribution in [2.24, 2.45) is 0 Å². The molecule has 0 aromatic carbocycles. The van der Waals surface area contributed by atoms with Gasteiger partial charge in [-0.1, -0.05) is 0 Å². The van der Waals surface area contributed by atoms with Crippen LogP contribution in [0.3, 0.4) is 0 Å². The van der Waals surface area contributed by atoms with Crippen LogP contribution in [0.25, 0.3) is 0 Å². The molecule has 6 heteroatoms. The van der Waals surface area contributed by atoms with E-state index >= 15 is 0 Å². The topological polar surface area (TPSA) is 49.8 Å². The fourth-order valence-electron chi connectivity index (χ4n) is 1.43. The number of nitrogens with zero attached hydrogens (tertiary/aromatic N) is 2. The molecule has 0 saturated heterocycles. The molecule has 0 bridgehead atoms. The average Bonchev–Trinajstić information content (AvgIpc) is 2.84. The van der Waals surface area contributed by atoms with Gasteiger partial charge in [-0.05, 0) is 44.7 Å². The maximum Gasteiger partial charge on any atom is 0.145 e. The summed E-state index contributed by atoms with van der Waals surface area (Å²) in [6.45, 7) is 0.857. The zero-order chi connectivity index (χ0) is 12.1. The van der Waals surface area contributed by atoms with Gasteiger partial charge in [0.15, 0.2) is 0 Å². The Labute approximate surface area is 113 Å². The smallest absolute Gasteiger partial charge is 0.145 e. The van der Waals surface area contributed by atoms with Crippen LogP contribution in [0.5, 0.6) is 0 Å². The van der Waals surface area contributed by atoms with E-state index in [4.69, 9.17) is 0 Å². The Morgan fingerprint density at radius 1 is 1.35 bits per heavy atom. The van der Waals surface area contributed by atoms with Gasteiger partial charge in [0.2, 0.25) is 0 Å². The molecule has 2 aromatic rings. The summed E-state index contributed by atoms with van der Waals surface area (Å²) in [6.07, 6.45) is 2.54. The molecule has 0 unspecified atom stereocenters. The third-order valence-corrected chi connectivity index (χ3v) is 3.80. The van der Waals surface area contributed by atoms with E-state index in [-0.39, 0.29) is 0 Å². The van der Waals surface area contributed by atoms with Gasteiger partial charge in [-0.15, -0.1) is 0 Å². The van der Waals surface area contributed by atoms with Gasteiger partial charge >= 0.3 is 0 Å². The predicted octanol–water partition coefficient (Wildman–Crippen LogP) is 3.00. The number of hydrogen-bond acceptors (Lipinski definition) is 5. The van der Waals surface area contributed by atoms with Crippen molar-refractivity contribution in [1.82, 2.24) is 9.97 Å². The first-order chi connectivity index (χ1) is 8.31. The van der Waals surface area contributed by atoms with Gasteiger partial charge in [-0.25, -0.2) is 9.97 Å². The van der Waals surface area contributed by atoms with Crippen LogP contribution >= 0.6 is 27.3 Å². The van der Waals surface area contributed by atoms with Gasteiger partial charge < -0.3 is 10.6 Å². The molecule has 0 saturated carbocycles. The van der Waals surface area contributed by atoms with Gasteiger partial charge in [0.1, 0.15) is 22.4 Å². The van der Waals surface area contributed by atoms with Crippen LogP contribution in [0.4, 0.5) is 11.6 Å². The molecule has 2 rings (SSSR count). The van der Waals surface area contributed by atoms with Crippen molar-refractivity contribution < 1.29 is 0 Å². The van der Waals surface area contributed by atoms with Crippen molar-refractivity contribution >= 4 is 38.9 Å². The summed E-state index contributed by atoms with van der Waals surface area (Å²) in [7, 11) is 1.84. The molecule has 0 atom stereocenters. The zero-order valence-electron chi connectivity index (χ0n) is 9.40. The minimum atomic E-state index is 0.790. The summed E-state index contributed by atoms with van der Waals surface area (Å²) in [5.74, 6) is 1.61. The number of hydrogen-bond donors (Lipinski definition) is 2. The van der Waals surface area contributed by atoms with Crippen LogP contribution < -0.4 is 10.6 Å². The highest BCUT2D eigenvalue weighted by Gasteiger charge is 2.06. The Balaban J connectivity index is 1.95. The van der Waals surface area contributed by atoms with Crippen molar-refractivity contribution in [2.45, 2.75) is 6.42 Å². The summed E-state index contributed by atoms with van der Waals surface area (Å²) in [5, 5.41) is 10.6. The SMILES string of the molecule is CNc1ncnc(NCCc2ccsc2)c1Br. The fraction of sp³-hybridized carbons (Fsp3) is 0.273. The quantitative estimate of drug-likeness (QED) is 0.891. The molecule has 0 fully saturated rings. The highest BCUT2D eigenvalue weighted by molar-refractivity contribution is 9.10. The number of halogens is 1. The molecule has 0 amide bonds. The Morgan fingerprint density at radius 3 is 2.88 bits per heavy atom. The molecule has 90 valence electrons.